The number of fused-ring (bicyclic) bond motifs is 1. The van der Waals surface area contributed by atoms with E-state index in [1.807, 2.05) is 72.7 Å². The van der Waals surface area contributed by atoms with E-state index in [4.69, 9.17) is 4.98 Å². The molecule has 0 atom stereocenters. The van der Waals surface area contributed by atoms with Crippen LogP contribution >= 0.6 is 0 Å². The number of anilines is 2. The highest BCUT2D eigenvalue weighted by molar-refractivity contribution is 6.08. The van der Waals surface area contributed by atoms with Gasteiger partial charge in [0.2, 0.25) is 0 Å². The topological polar surface area (TPSA) is 36.4 Å². The van der Waals surface area contributed by atoms with Gasteiger partial charge in [-0.05, 0) is 51.0 Å². The first-order valence-corrected chi connectivity index (χ1v) is 10.5. The first-order valence-electron chi connectivity index (χ1n) is 10.5. The van der Waals surface area contributed by atoms with Gasteiger partial charge in [-0.3, -0.25) is 4.79 Å². The highest BCUT2D eigenvalue weighted by Gasteiger charge is 2.26. The molecular formula is C25H37N3O. The van der Waals surface area contributed by atoms with Crippen molar-refractivity contribution >= 4 is 17.4 Å². The van der Waals surface area contributed by atoms with Crippen LogP contribution in [0.5, 0.6) is 0 Å². The van der Waals surface area contributed by atoms with E-state index in [9.17, 15) is 4.79 Å². The van der Waals surface area contributed by atoms with Crippen molar-refractivity contribution in [1.82, 2.24) is 4.98 Å². The molecule has 0 aliphatic carbocycles. The molecule has 0 fully saturated rings. The minimum atomic E-state index is 0.0204. The fourth-order valence-corrected chi connectivity index (χ4v) is 3.25. The summed E-state index contributed by atoms with van der Waals surface area (Å²) in [5.74, 6) is 0.847. The molecule has 1 aliphatic rings. The van der Waals surface area contributed by atoms with Crippen molar-refractivity contribution in [1.29, 1.82) is 0 Å². The Labute approximate surface area is 177 Å². The molecule has 4 nitrogen and oxygen atoms in total. The standard InChI is InChI=1S/C21H25N3O.2C2H6/c1-13-7-8-17(14(2)11-13)12-18-9-10-19-20(22-18)23(5)16(4)15(3)21(25)24(19)6;2*1-2/h7-11H,12H2,1-6H3;2*1-2H3. The second-order valence-corrected chi connectivity index (χ2v) is 6.89. The zero-order valence-electron chi connectivity index (χ0n) is 19.8. The number of allylic oxidation sites excluding steroid dienone is 1. The fraction of sp³-hybridized carbons (Fsp3) is 0.440. The Morgan fingerprint density at radius 1 is 0.862 bits per heavy atom. The summed E-state index contributed by atoms with van der Waals surface area (Å²) in [5.41, 5.74) is 7.36. The van der Waals surface area contributed by atoms with Gasteiger partial charge in [0.05, 0.1) is 5.69 Å². The fourth-order valence-electron chi connectivity index (χ4n) is 3.25. The number of pyridine rings is 1. The second-order valence-electron chi connectivity index (χ2n) is 6.89. The molecule has 3 rings (SSSR count). The summed E-state index contributed by atoms with van der Waals surface area (Å²) < 4.78 is 0. The Bertz CT molecular complexity index is 884. The van der Waals surface area contributed by atoms with Crippen molar-refractivity contribution < 1.29 is 4.79 Å². The van der Waals surface area contributed by atoms with Crippen LogP contribution in [0.25, 0.3) is 0 Å². The third-order valence-electron chi connectivity index (χ3n) is 5.13. The zero-order chi connectivity index (χ0) is 22.3. The molecule has 0 saturated heterocycles. The molecule has 1 aliphatic heterocycles. The Morgan fingerprint density at radius 2 is 1.48 bits per heavy atom. The first kappa shape index (κ1) is 24.4. The van der Waals surface area contributed by atoms with Crippen LogP contribution in [0.15, 0.2) is 41.6 Å². The molecule has 1 aromatic carbocycles. The molecule has 0 bridgehead atoms. The maximum absolute atomic E-state index is 12.5. The summed E-state index contributed by atoms with van der Waals surface area (Å²) in [6.07, 6.45) is 0.784. The number of likely N-dealkylation sites (N-methyl/N-ethyl adjacent to an activating group) is 1. The Morgan fingerprint density at radius 3 is 2.07 bits per heavy atom. The van der Waals surface area contributed by atoms with Gasteiger partial charge in [0.25, 0.3) is 5.91 Å². The zero-order valence-corrected chi connectivity index (χ0v) is 19.8. The van der Waals surface area contributed by atoms with Crippen LogP contribution < -0.4 is 9.80 Å². The summed E-state index contributed by atoms with van der Waals surface area (Å²) in [6.45, 7) is 16.1. The van der Waals surface area contributed by atoms with E-state index in [1.54, 1.807) is 4.90 Å². The van der Waals surface area contributed by atoms with Crippen molar-refractivity contribution in [3.05, 3.63) is 64.0 Å². The second kappa shape index (κ2) is 10.8. The number of benzene rings is 1. The molecule has 0 N–H and O–H groups in total. The number of hydrogen-bond acceptors (Lipinski definition) is 3. The average Bonchev–Trinajstić information content (AvgIpc) is 2.80. The molecule has 0 radical (unpaired) electrons. The predicted octanol–water partition coefficient (Wildman–Crippen LogP) is 6.05. The maximum Gasteiger partial charge on any atom is 0.255 e. The number of hydrogen-bond donors (Lipinski definition) is 0. The lowest BCUT2D eigenvalue weighted by Gasteiger charge is -2.22. The normalized spacial score (nSPS) is 13.1. The van der Waals surface area contributed by atoms with E-state index in [1.165, 1.54) is 16.7 Å². The van der Waals surface area contributed by atoms with Crippen LogP contribution in [-0.2, 0) is 11.2 Å². The summed E-state index contributed by atoms with van der Waals surface area (Å²) >= 11 is 0. The number of rotatable bonds is 2. The van der Waals surface area contributed by atoms with Crippen LogP contribution in [0, 0.1) is 13.8 Å². The smallest absolute Gasteiger partial charge is 0.255 e. The van der Waals surface area contributed by atoms with E-state index in [2.05, 4.69) is 32.0 Å². The van der Waals surface area contributed by atoms with Crippen LogP contribution in [0.4, 0.5) is 11.5 Å². The number of nitrogens with zero attached hydrogens (tertiary/aromatic N) is 3. The quantitative estimate of drug-likeness (QED) is 0.621. The van der Waals surface area contributed by atoms with Gasteiger partial charge in [0, 0.05) is 37.5 Å². The number of carbonyl (C=O) groups excluding carboxylic acids is 1. The summed E-state index contributed by atoms with van der Waals surface area (Å²) in [7, 11) is 3.78. The average molecular weight is 396 g/mol. The lowest BCUT2D eigenvalue weighted by atomic mass is 10.0. The van der Waals surface area contributed by atoms with Gasteiger partial charge in [0.15, 0.2) is 5.82 Å². The summed E-state index contributed by atoms with van der Waals surface area (Å²) in [4.78, 5) is 21.1. The SMILES string of the molecule is CC.CC.CC1=C(C)N(C)c2nc(Cc3ccc(C)cc3C)ccc2N(C)C1=O. The van der Waals surface area contributed by atoms with Gasteiger partial charge >= 0.3 is 0 Å². The van der Waals surface area contributed by atoms with Crippen LogP contribution in [0.2, 0.25) is 0 Å². The molecule has 0 saturated carbocycles. The Balaban J connectivity index is 0.000000989. The molecule has 0 unspecified atom stereocenters. The summed E-state index contributed by atoms with van der Waals surface area (Å²) in [6, 6.07) is 10.5. The van der Waals surface area contributed by atoms with E-state index in [-0.39, 0.29) is 5.91 Å². The van der Waals surface area contributed by atoms with Gasteiger partial charge in [-0.15, -0.1) is 0 Å². The van der Waals surface area contributed by atoms with Gasteiger partial charge < -0.3 is 9.80 Å². The van der Waals surface area contributed by atoms with Gasteiger partial charge in [-0.25, -0.2) is 4.98 Å². The highest BCUT2D eigenvalue weighted by atomic mass is 16.2. The van der Waals surface area contributed by atoms with Crippen LogP contribution in [-0.4, -0.2) is 25.0 Å². The van der Waals surface area contributed by atoms with Crippen molar-refractivity contribution in [3.8, 4) is 0 Å². The van der Waals surface area contributed by atoms with Gasteiger partial charge in [-0.2, -0.15) is 0 Å². The van der Waals surface area contributed by atoms with Crippen LogP contribution in [0.3, 0.4) is 0 Å². The molecule has 1 amide bonds. The lowest BCUT2D eigenvalue weighted by Crippen LogP contribution is -2.26. The molecule has 0 spiro atoms. The van der Waals surface area contributed by atoms with E-state index in [0.29, 0.717) is 0 Å². The number of aryl methyl sites for hydroxylation is 2. The molecule has 2 heterocycles. The number of carbonyl (C=O) groups is 1. The minimum Gasteiger partial charge on any atom is -0.331 e. The van der Waals surface area contributed by atoms with Gasteiger partial charge in [0.1, 0.15) is 0 Å². The first-order chi connectivity index (χ1) is 13.8. The minimum absolute atomic E-state index is 0.0204. The Kier molecular flexibility index (Phi) is 9.09. The van der Waals surface area contributed by atoms with Crippen molar-refractivity contribution in [2.24, 2.45) is 0 Å². The van der Waals surface area contributed by atoms with E-state index < -0.39 is 0 Å². The molecular weight excluding hydrogens is 358 g/mol. The lowest BCUT2D eigenvalue weighted by molar-refractivity contribution is -0.114. The van der Waals surface area contributed by atoms with Crippen molar-refractivity contribution in [3.63, 3.8) is 0 Å². The Hall–Kier alpha value is -2.62. The summed E-state index contributed by atoms with van der Waals surface area (Å²) in [5, 5.41) is 0. The molecule has 4 heteroatoms. The predicted molar refractivity (Wildman–Crippen MR) is 126 cm³/mol. The number of aromatic nitrogens is 1. The number of amides is 1. The largest absolute Gasteiger partial charge is 0.331 e. The van der Waals surface area contributed by atoms with Crippen molar-refractivity contribution in [2.75, 3.05) is 23.9 Å². The maximum atomic E-state index is 12.5. The van der Waals surface area contributed by atoms with Crippen molar-refractivity contribution in [2.45, 2.75) is 61.8 Å². The molecule has 1 aromatic heterocycles. The van der Waals surface area contributed by atoms with E-state index >= 15 is 0 Å². The monoisotopic (exact) mass is 395 g/mol. The van der Waals surface area contributed by atoms with Crippen LogP contribution in [0.1, 0.15) is 63.9 Å². The third kappa shape index (κ3) is 5.26. The van der Waals surface area contributed by atoms with E-state index in [0.717, 1.165) is 34.9 Å². The molecule has 2 aromatic rings. The highest BCUT2D eigenvalue weighted by Crippen LogP contribution is 2.33. The molecule has 158 valence electrons. The van der Waals surface area contributed by atoms with Gasteiger partial charge in [-0.1, -0.05) is 51.5 Å². The third-order valence-corrected chi connectivity index (χ3v) is 5.13. The molecule has 29 heavy (non-hydrogen) atoms.